The van der Waals surface area contributed by atoms with Crippen LogP contribution >= 0.6 is 22.9 Å². The summed E-state index contributed by atoms with van der Waals surface area (Å²) >= 11 is 6.75. The van der Waals surface area contributed by atoms with Crippen molar-refractivity contribution >= 4 is 44.6 Å². The van der Waals surface area contributed by atoms with E-state index < -0.39 is 15.9 Å². The number of anilines is 1. The molecule has 0 aliphatic rings. The first-order chi connectivity index (χ1) is 11.7. The highest BCUT2D eigenvalue weighted by Crippen LogP contribution is 2.27. The fraction of sp³-hybridized carbons (Fsp3) is 0.353. The number of thiophene rings is 1. The van der Waals surface area contributed by atoms with Gasteiger partial charge in [0.2, 0.25) is 5.91 Å². The third-order valence-electron chi connectivity index (χ3n) is 3.96. The number of benzene rings is 1. The van der Waals surface area contributed by atoms with Crippen LogP contribution in [0.4, 0.5) is 5.69 Å². The Labute approximate surface area is 157 Å². The van der Waals surface area contributed by atoms with E-state index in [1.165, 1.54) is 24.7 Å². The van der Waals surface area contributed by atoms with Crippen molar-refractivity contribution in [1.82, 2.24) is 4.31 Å². The lowest BCUT2D eigenvalue weighted by Gasteiger charge is -2.16. The maximum atomic E-state index is 12.4. The molecule has 0 aliphatic carbocycles. The number of sulfonamides is 1. The Morgan fingerprint density at radius 3 is 2.40 bits per heavy atom. The molecule has 136 valence electrons. The Morgan fingerprint density at radius 2 is 1.88 bits per heavy atom. The maximum absolute atomic E-state index is 12.4. The zero-order valence-corrected chi connectivity index (χ0v) is 16.7. The molecule has 0 spiro atoms. The molecule has 0 radical (unpaired) electrons. The largest absolute Gasteiger partial charge is 0.325 e. The molecule has 8 heteroatoms. The van der Waals surface area contributed by atoms with E-state index in [0.29, 0.717) is 15.9 Å². The molecule has 1 amide bonds. The van der Waals surface area contributed by atoms with Crippen LogP contribution in [0.25, 0.3) is 0 Å². The van der Waals surface area contributed by atoms with Crippen molar-refractivity contribution in [3.8, 4) is 0 Å². The lowest BCUT2D eigenvalue weighted by Crippen LogP contribution is -2.34. The number of carbonyl (C=O) groups is 1. The van der Waals surface area contributed by atoms with Crippen molar-refractivity contribution in [3.05, 3.63) is 46.3 Å². The molecular weight excluding hydrogens is 380 g/mol. The molecule has 2 rings (SSSR count). The first-order valence-electron chi connectivity index (χ1n) is 7.85. The minimum atomic E-state index is -3.72. The first kappa shape index (κ1) is 19.9. The van der Waals surface area contributed by atoms with E-state index in [4.69, 9.17) is 11.6 Å². The van der Waals surface area contributed by atoms with Crippen molar-refractivity contribution in [2.45, 2.75) is 30.4 Å². The number of rotatable bonds is 7. The highest BCUT2D eigenvalue weighted by atomic mass is 35.5. The Bertz CT molecular complexity index is 832. The predicted molar refractivity (Wildman–Crippen MR) is 103 cm³/mol. The van der Waals surface area contributed by atoms with Crippen LogP contribution in [0.2, 0.25) is 4.34 Å². The van der Waals surface area contributed by atoms with E-state index in [-0.39, 0.29) is 10.8 Å². The lowest BCUT2D eigenvalue weighted by atomic mass is 9.99. The molecule has 1 aromatic heterocycles. The first-order valence-corrected chi connectivity index (χ1v) is 10.5. The van der Waals surface area contributed by atoms with E-state index in [2.05, 4.69) is 19.2 Å². The lowest BCUT2D eigenvalue weighted by molar-refractivity contribution is -0.116. The van der Waals surface area contributed by atoms with Gasteiger partial charge < -0.3 is 5.32 Å². The Morgan fingerprint density at radius 1 is 1.24 bits per heavy atom. The minimum absolute atomic E-state index is 0.116. The zero-order chi connectivity index (χ0) is 18.6. The molecule has 1 unspecified atom stereocenters. The third-order valence-corrected chi connectivity index (χ3v) is 7.46. The fourth-order valence-electron chi connectivity index (χ4n) is 2.21. The van der Waals surface area contributed by atoms with Crippen LogP contribution in [0.5, 0.6) is 0 Å². The predicted octanol–water partition coefficient (Wildman–Crippen LogP) is 4.17. The van der Waals surface area contributed by atoms with E-state index in [0.717, 1.165) is 22.1 Å². The van der Waals surface area contributed by atoms with Crippen LogP contribution in [0, 0.1) is 0 Å². The molecule has 0 fully saturated rings. The van der Waals surface area contributed by atoms with Gasteiger partial charge in [0.25, 0.3) is 10.0 Å². The number of carbonyl (C=O) groups excluding carboxylic acids is 1. The second-order valence-electron chi connectivity index (χ2n) is 5.80. The number of hydrogen-bond acceptors (Lipinski definition) is 4. The summed E-state index contributed by atoms with van der Waals surface area (Å²) < 4.78 is 26.3. The molecule has 1 atom stereocenters. The van der Waals surface area contributed by atoms with Crippen LogP contribution < -0.4 is 5.32 Å². The van der Waals surface area contributed by atoms with Gasteiger partial charge in [-0.2, -0.15) is 4.31 Å². The second-order valence-corrected chi connectivity index (χ2v) is 9.79. The topological polar surface area (TPSA) is 66.5 Å². The molecule has 1 aromatic carbocycles. The Kier molecular flexibility index (Phi) is 6.62. The average molecular weight is 401 g/mol. The summed E-state index contributed by atoms with van der Waals surface area (Å²) in [6, 6.07) is 10.5. The van der Waals surface area contributed by atoms with Crippen molar-refractivity contribution in [1.29, 1.82) is 0 Å². The molecule has 0 bridgehead atoms. The Hall–Kier alpha value is -1.41. The summed E-state index contributed by atoms with van der Waals surface area (Å²) in [5, 5.41) is 2.72. The van der Waals surface area contributed by atoms with Crippen LogP contribution in [-0.2, 0) is 14.8 Å². The van der Waals surface area contributed by atoms with Gasteiger partial charge in [0.05, 0.1) is 10.9 Å². The summed E-state index contributed by atoms with van der Waals surface area (Å²) in [7, 11) is -2.35. The smallest absolute Gasteiger partial charge is 0.252 e. The summed E-state index contributed by atoms with van der Waals surface area (Å²) in [5.41, 5.74) is 1.84. The maximum Gasteiger partial charge on any atom is 0.252 e. The minimum Gasteiger partial charge on any atom is -0.325 e. The van der Waals surface area contributed by atoms with Gasteiger partial charge in [-0.1, -0.05) is 37.6 Å². The monoisotopic (exact) mass is 400 g/mol. The van der Waals surface area contributed by atoms with Crippen molar-refractivity contribution in [2.24, 2.45) is 0 Å². The van der Waals surface area contributed by atoms with Crippen molar-refractivity contribution in [2.75, 3.05) is 18.9 Å². The van der Waals surface area contributed by atoms with Gasteiger partial charge in [-0.05, 0) is 42.2 Å². The average Bonchev–Trinajstić information content (AvgIpc) is 3.02. The number of likely N-dealkylation sites (N-methyl/N-ethyl adjacent to an activating group) is 1. The second kappa shape index (κ2) is 8.31. The molecular formula is C17H21ClN2O3S2. The normalized spacial score (nSPS) is 13.0. The Balaban J connectivity index is 2.00. The highest BCUT2D eigenvalue weighted by molar-refractivity contribution is 7.91. The summed E-state index contributed by atoms with van der Waals surface area (Å²) in [5.74, 6) is 0.0589. The fourth-order valence-corrected chi connectivity index (χ4v) is 5.03. The molecule has 5 nitrogen and oxygen atoms in total. The third kappa shape index (κ3) is 5.04. The van der Waals surface area contributed by atoms with Crippen molar-refractivity contribution in [3.63, 3.8) is 0 Å². The van der Waals surface area contributed by atoms with Crippen LogP contribution in [0.15, 0.2) is 40.6 Å². The summed E-state index contributed by atoms with van der Waals surface area (Å²) in [4.78, 5) is 12.1. The molecule has 25 heavy (non-hydrogen) atoms. The van der Waals surface area contributed by atoms with Gasteiger partial charge in [-0.25, -0.2) is 8.42 Å². The molecule has 1 N–H and O–H groups in total. The van der Waals surface area contributed by atoms with Crippen LogP contribution in [-0.4, -0.2) is 32.2 Å². The molecule has 1 heterocycles. The number of amides is 1. The van der Waals surface area contributed by atoms with Crippen molar-refractivity contribution < 1.29 is 13.2 Å². The summed E-state index contributed by atoms with van der Waals surface area (Å²) in [6.45, 7) is 3.99. The molecule has 0 aliphatic heterocycles. The van der Waals surface area contributed by atoms with Gasteiger partial charge in [0.15, 0.2) is 0 Å². The van der Waals surface area contributed by atoms with Gasteiger partial charge >= 0.3 is 0 Å². The highest BCUT2D eigenvalue weighted by Gasteiger charge is 2.24. The number of nitrogens with zero attached hydrogens (tertiary/aromatic N) is 1. The van der Waals surface area contributed by atoms with Gasteiger partial charge in [-0.3, -0.25) is 4.79 Å². The van der Waals surface area contributed by atoms with Crippen LogP contribution in [0.1, 0.15) is 31.7 Å². The summed E-state index contributed by atoms with van der Waals surface area (Å²) in [6.07, 6.45) is 1.04. The van der Waals surface area contributed by atoms with Crippen LogP contribution in [0.3, 0.4) is 0 Å². The number of hydrogen-bond donors (Lipinski definition) is 1. The molecule has 0 saturated heterocycles. The molecule has 0 saturated carbocycles. The van der Waals surface area contributed by atoms with E-state index in [9.17, 15) is 13.2 Å². The van der Waals surface area contributed by atoms with Gasteiger partial charge in [0.1, 0.15) is 4.21 Å². The molecule has 2 aromatic rings. The van der Waals surface area contributed by atoms with E-state index in [1.54, 1.807) is 0 Å². The quantitative estimate of drug-likeness (QED) is 0.758. The SMILES string of the molecule is CCC(C)c1ccc(NC(=O)CN(C)S(=O)(=O)c2ccc(Cl)s2)cc1. The standard InChI is InChI=1S/C17H21ClN2O3S2/c1-4-12(2)13-5-7-14(8-6-13)19-16(21)11-20(3)25(22,23)17-10-9-15(18)24-17/h5-10,12H,4,11H2,1-3H3,(H,19,21). The van der Waals surface area contributed by atoms with Gasteiger partial charge in [0, 0.05) is 12.7 Å². The number of nitrogens with one attached hydrogen (secondary N) is 1. The van der Waals surface area contributed by atoms with E-state index in [1.807, 2.05) is 24.3 Å². The zero-order valence-electron chi connectivity index (χ0n) is 14.3. The van der Waals surface area contributed by atoms with Gasteiger partial charge in [-0.15, -0.1) is 11.3 Å². The van der Waals surface area contributed by atoms with E-state index >= 15 is 0 Å². The number of halogens is 1.